The number of esters is 2. The first-order chi connectivity index (χ1) is 10.8. The van der Waals surface area contributed by atoms with Gasteiger partial charge in [-0.05, 0) is 19.3 Å². The molecule has 0 aromatic carbocycles. The molecule has 7 nitrogen and oxygen atoms in total. The first-order valence-corrected chi connectivity index (χ1v) is 8.22. The van der Waals surface area contributed by atoms with Crippen molar-refractivity contribution in [2.45, 2.75) is 77.5 Å². The van der Waals surface area contributed by atoms with Crippen molar-refractivity contribution < 1.29 is 29.0 Å². The van der Waals surface area contributed by atoms with E-state index in [1.807, 2.05) is 6.92 Å². The number of carbonyl (C=O) groups is 3. The van der Waals surface area contributed by atoms with Crippen molar-refractivity contribution in [3.05, 3.63) is 0 Å². The monoisotopic (exact) mass is 329 g/mol. The van der Waals surface area contributed by atoms with Crippen molar-refractivity contribution in [2.24, 2.45) is 11.1 Å². The molecule has 1 fully saturated rings. The smallest absolute Gasteiger partial charge is 0.327 e. The molecular formula is C16H27NO6. The molecule has 1 rings (SSSR count). The normalized spacial score (nSPS) is 19.4. The van der Waals surface area contributed by atoms with Gasteiger partial charge in [0.1, 0.15) is 6.04 Å². The standard InChI is InChI=1S/C16H27NO6/c1-3-4-8-12(18)22-11(2)23-14(19)13(17)16(15(20)21)9-6-5-7-10-16/h11,13H,3-10,17H2,1-2H3,(H,20,21). The molecule has 0 saturated heterocycles. The predicted octanol–water partition coefficient (Wildman–Crippen LogP) is 1.97. The number of carboxylic acids is 1. The number of carbonyl (C=O) groups excluding carboxylic acids is 2. The topological polar surface area (TPSA) is 116 Å². The molecule has 132 valence electrons. The second-order valence-corrected chi connectivity index (χ2v) is 6.10. The van der Waals surface area contributed by atoms with Crippen molar-refractivity contribution in [2.75, 3.05) is 0 Å². The predicted molar refractivity (Wildman–Crippen MR) is 82.3 cm³/mol. The zero-order valence-corrected chi connectivity index (χ0v) is 13.9. The summed E-state index contributed by atoms with van der Waals surface area (Å²) in [4.78, 5) is 35.3. The van der Waals surface area contributed by atoms with Crippen molar-refractivity contribution in [1.29, 1.82) is 0 Å². The summed E-state index contributed by atoms with van der Waals surface area (Å²) in [5, 5.41) is 9.51. The third-order valence-corrected chi connectivity index (χ3v) is 4.33. The molecule has 1 aliphatic rings. The molecule has 7 heteroatoms. The van der Waals surface area contributed by atoms with E-state index in [0.29, 0.717) is 19.3 Å². The van der Waals surface area contributed by atoms with Crippen LogP contribution in [0, 0.1) is 5.41 Å². The van der Waals surface area contributed by atoms with Crippen LogP contribution in [0.1, 0.15) is 65.2 Å². The quantitative estimate of drug-likeness (QED) is 0.516. The van der Waals surface area contributed by atoms with Crippen LogP contribution in [-0.2, 0) is 23.9 Å². The average Bonchev–Trinajstić information content (AvgIpc) is 2.52. The highest BCUT2D eigenvalue weighted by Gasteiger charge is 2.49. The average molecular weight is 329 g/mol. The first-order valence-electron chi connectivity index (χ1n) is 8.22. The Bertz CT molecular complexity index is 430. The molecular weight excluding hydrogens is 302 g/mol. The Morgan fingerprint density at radius 1 is 1.17 bits per heavy atom. The van der Waals surface area contributed by atoms with Gasteiger partial charge in [-0.25, -0.2) is 0 Å². The number of nitrogens with two attached hydrogens (primary N) is 1. The number of unbranched alkanes of at least 4 members (excludes halogenated alkanes) is 1. The summed E-state index contributed by atoms with van der Waals surface area (Å²) in [5.74, 6) is -2.37. The SMILES string of the molecule is CCCCC(=O)OC(C)OC(=O)C(N)C1(C(=O)O)CCCCC1. The van der Waals surface area contributed by atoms with E-state index in [4.69, 9.17) is 15.2 Å². The fraction of sp³-hybridized carbons (Fsp3) is 0.812. The number of aliphatic carboxylic acids is 1. The molecule has 0 spiro atoms. The van der Waals surface area contributed by atoms with Crippen molar-refractivity contribution >= 4 is 17.9 Å². The van der Waals surface area contributed by atoms with Crippen LogP contribution in [0.4, 0.5) is 0 Å². The van der Waals surface area contributed by atoms with Gasteiger partial charge in [0.05, 0.1) is 5.41 Å². The molecule has 0 bridgehead atoms. The maximum Gasteiger partial charge on any atom is 0.327 e. The van der Waals surface area contributed by atoms with Gasteiger partial charge in [0, 0.05) is 13.3 Å². The number of rotatable bonds is 8. The van der Waals surface area contributed by atoms with Crippen LogP contribution in [0.5, 0.6) is 0 Å². The van der Waals surface area contributed by atoms with Gasteiger partial charge in [0.2, 0.25) is 6.29 Å². The molecule has 1 aliphatic carbocycles. The van der Waals surface area contributed by atoms with Gasteiger partial charge in [-0.2, -0.15) is 0 Å². The van der Waals surface area contributed by atoms with Gasteiger partial charge in [-0.15, -0.1) is 0 Å². The van der Waals surface area contributed by atoms with E-state index in [0.717, 1.165) is 25.7 Å². The minimum absolute atomic E-state index is 0.253. The molecule has 0 heterocycles. The van der Waals surface area contributed by atoms with Crippen LogP contribution in [0.3, 0.4) is 0 Å². The summed E-state index contributed by atoms with van der Waals surface area (Å²) in [6, 6.07) is -1.27. The lowest BCUT2D eigenvalue weighted by molar-refractivity contribution is -0.190. The number of hydrogen-bond donors (Lipinski definition) is 2. The van der Waals surface area contributed by atoms with Crippen LogP contribution >= 0.6 is 0 Å². The van der Waals surface area contributed by atoms with E-state index >= 15 is 0 Å². The van der Waals surface area contributed by atoms with Gasteiger partial charge in [0.25, 0.3) is 0 Å². The van der Waals surface area contributed by atoms with Crippen LogP contribution in [-0.4, -0.2) is 35.3 Å². The lowest BCUT2D eigenvalue weighted by Crippen LogP contribution is -2.54. The van der Waals surface area contributed by atoms with E-state index < -0.39 is 35.7 Å². The summed E-state index contributed by atoms with van der Waals surface area (Å²) >= 11 is 0. The van der Waals surface area contributed by atoms with Crippen molar-refractivity contribution in [3.63, 3.8) is 0 Å². The van der Waals surface area contributed by atoms with E-state index in [-0.39, 0.29) is 6.42 Å². The Morgan fingerprint density at radius 3 is 2.30 bits per heavy atom. The second kappa shape index (κ2) is 8.86. The molecule has 0 radical (unpaired) electrons. The Morgan fingerprint density at radius 2 is 1.78 bits per heavy atom. The maximum absolute atomic E-state index is 12.2. The first kappa shape index (κ1) is 19.4. The highest BCUT2D eigenvalue weighted by atomic mass is 16.7. The summed E-state index contributed by atoms with van der Waals surface area (Å²) in [7, 11) is 0. The molecule has 0 amide bonds. The zero-order chi connectivity index (χ0) is 17.5. The number of hydrogen-bond acceptors (Lipinski definition) is 6. The Hall–Kier alpha value is -1.63. The third-order valence-electron chi connectivity index (χ3n) is 4.33. The van der Waals surface area contributed by atoms with Gasteiger partial charge in [-0.3, -0.25) is 14.4 Å². The van der Waals surface area contributed by atoms with E-state index in [2.05, 4.69) is 0 Å². The number of carboxylic acid groups (broad SMARTS) is 1. The Balaban J connectivity index is 2.61. The summed E-state index contributed by atoms with van der Waals surface area (Å²) in [6.45, 7) is 3.37. The summed E-state index contributed by atoms with van der Waals surface area (Å²) < 4.78 is 9.99. The highest BCUT2D eigenvalue weighted by molar-refractivity contribution is 5.87. The molecule has 2 unspecified atom stereocenters. The molecule has 0 aromatic rings. The van der Waals surface area contributed by atoms with Gasteiger partial charge in [-0.1, -0.05) is 32.6 Å². The van der Waals surface area contributed by atoms with Gasteiger partial charge >= 0.3 is 17.9 Å². The maximum atomic E-state index is 12.2. The largest absolute Gasteiger partial charge is 0.481 e. The fourth-order valence-electron chi connectivity index (χ4n) is 2.89. The van der Waals surface area contributed by atoms with Crippen molar-refractivity contribution in [3.8, 4) is 0 Å². The van der Waals surface area contributed by atoms with Gasteiger partial charge in [0.15, 0.2) is 0 Å². The minimum atomic E-state index is -1.29. The van der Waals surface area contributed by atoms with Gasteiger partial charge < -0.3 is 20.3 Å². The van der Waals surface area contributed by atoms with Crippen LogP contribution < -0.4 is 5.73 Å². The third kappa shape index (κ3) is 5.20. The van der Waals surface area contributed by atoms with Crippen LogP contribution in [0.25, 0.3) is 0 Å². The summed E-state index contributed by atoms with van der Waals surface area (Å²) in [6.07, 6.45) is 3.80. The fourth-order valence-corrected chi connectivity index (χ4v) is 2.89. The van der Waals surface area contributed by atoms with E-state index in [1.165, 1.54) is 6.92 Å². The number of ether oxygens (including phenoxy) is 2. The Labute approximate surface area is 136 Å². The second-order valence-electron chi connectivity index (χ2n) is 6.10. The highest BCUT2D eigenvalue weighted by Crippen LogP contribution is 2.39. The molecule has 3 N–H and O–H groups in total. The summed E-state index contributed by atoms with van der Waals surface area (Å²) in [5.41, 5.74) is 4.60. The molecule has 2 atom stereocenters. The molecule has 0 aromatic heterocycles. The van der Waals surface area contributed by atoms with Crippen LogP contribution in [0.2, 0.25) is 0 Å². The van der Waals surface area contributed by atoms with E-state index in [9.17, 15) is 19.5 Å². The molecule has 23 heavy (non-hydrogen) atoms. The Kier molecular flexibility index (Phi) is 7.48. The zero-order valence-electron chi connectivity index (χ0n) is 13.9. The minimum Gasteiger partial charge on any atom is -0.481 e. The molecule has 1 saturated carbocycles. The van der Waals surface area contributed by atoms with Crippen molar-refractivity contribution in [1.82, 2.24) is 0 Å². The van der Waals surface area contributed by atoms with E-state index in [1.54, 1.807) is 0 Å². The lowest BCUT2D eigenvalue weighted by Gasteiger charge is -2.36. The van der Waals surface area contributed by atoms with Crippen LogP contribution in [0.15, 0.2) is 0 Å². The molecule has 0 aliphatic heterocycles. The lowest BCUT2D eigenvalue weighted by atomic mass is 9.69.